The lowest BCUT2D eigenvalue weighted by atomic mass is 10.1. The molecule has 14 heavy (non-hydrogen) atoms. The van der Waals surface area contributed by atoms with Gasteiger partial charge in [0.05, 0.1) is 11.7 Å². The molecule has 0 heterocycles. The Balaban J connectivity index is 3.11. The third kappa shape index (κ3) is 1.94. The average Bonchev–Trinajstić information content (AvgIpc) is 2.13. The van der Waals surface area contributed by atoms with Crippen molar-refractivity contribution in [3.63, 3.8) is 0 Å². The average molecular weight is 201 g/mol. The van der Waals surface area contributed by atoms with Crippen LogP contribution < -0.4 is 5.32 Å². The smallest absolute Gasteiger partial charge is 0.166 e. The Morgan fingerprint density at radius 3 is 2.64 bits per heavy atom. The molecule has 78 valence electrons. The first-order valence-corrected chi connectivity index (χ1v) is 4.11. The van der Waals surface area contributed by atoms with Crippen molar-refractivity contribution in [3.05, 3.63) is 23.5 Å². The first kappa shape index (κ1) is 10.7. The molecule has 1 rings (SSSR count). The maximum Gasteiger partial charge on any atom is 0.166 e. The number of hydrogen-bond donors (Lipinski definition) is 4. The molecule has 4 N–H and O–H groups in total. The summed E-state index contributed by atoms with van der Waals surface area (Å²) in [5, 5.41) is 30.5. The predicted molar refractivity (Wildman–Crippen MR) is 48.6 cm³/mol. The highest BCUT2D eigenvalue weighted by atomic mass is 19.1. The van der Waals surface area contributed by atoms with E-state index in [2.05, 4.69) is 5.32 Å². The third-order valence-electron chi connectivity index (χ3n) is 1.87. The van der Waals surface area contributed by atoms with Crippen LogP contribution in [0.2, 0.25) is 0 Å². The standard InChI is InChI=1S/C9H12FNO3/c1-11-4-7(13)8-5(10)2-3-6(12)9(8)14/h2-3,7,11-14H,4H2,1H3. The summed E-state index contributed by atoms with van der Waals surface area (Å²) in [6.45, 7) is 0.0912. The van der Waals surface area contributed by atoms with Crippen molar-refractivity contribution in [1.29, 1.82) is 0 Å². The van der Waals surface area contributed by atoms with Crippen molar-refractivity contribution >= 4 is 0 Å². The van der Waals surface area contributed by atoms with Crippen molar-refractivity contribution in [1.82, 2.24) is 5.32 Å². The number of nitrogens with one attached hydrogen (secondary N) is 1. The summed E-state index contributed by atoms with van der Waals surface area (Å²) < 4.78 is 13.1. The molecule has 0 bridgehead atoms. The van der Waals surface area contributed by atoms with Crippen molar-refractivity contribution in [3.8, 4) is 11.5 Å². The number of aliphatic hydroxyl groups is 1. The van der Waals surface area contributed by atoms with Crippen molar-refractivity contribution < 1.29 is 19.7 Å². The summed E-state index contributed by atoms with van der Waals surface area (Å²) in [5.74, 6) is -1.81. The van der Waals surface area contributed by atoms with Crippen LogP contribution in [0, 0.1) is 5.82 Å². The van der Waals surface area contributed by atoms with E-state index >= 15 is 0 Å². The van der Waals surface area contributed by atoms with E-state index in [0.29, 0.717) is 0 Å². The normalized spacial score (nSPS) is 12.8. The molecule has 1 unspecified atom stereocenters. The molecule has 0 aromatic heterocycles. The van der Waals surface area contributed by atoms with Gasteiger partial charge in [0.2, 0.25) is 0 Å². The van der Waals surface area contributed by atoms with Crippen LogP contribution in [0.15, 0.2) is 12.1 Å². The van der Waals surface area contributed by atoms with Gasteiger partial charge in [0.25, 0.3) is 0 Å². The number of phenolic OH excluding ortho intramolecular Hbond substituents is 2. The largest absolute Gasteiger partial charge is 0.504 e. The minimum atomic E-state index is -1.19. The van der Waals surface area contributed by atoms with Gasteiger partial charge >= 0.3 is 0 Å². The van der Waals surface area contributed by atoms with E-state index in [1.807, 2.05) is 0 Å². The molecule has 0 spiro atoms. The maximum absolute atomic E-state index is 13.1. The van der Waals surface area contributed by atoms with Crippen LogP contribution in [0.3, 0.4) is 0 Å². The molecule has 0 aliphatic carbocycles. The van der Waals surface area contributed by atoms with Crippen LogP contribution in [0.5, 0.6) is 11.5 Å². The van der Waals surface area contributed by atoms with Gasteiger partial charge in [-0.25, -0.2) is 4.39 Å². The SMILES string of the molecule is CNCC(O)c1c(F)ccc(O)c1O. The van der Waals surface area contributed by atoms with E-state index in [4.69, 9.17) is 5.11 Å². The topological polar surface area (TPSA) is 72.7 Å². The number of hydrogen-bond acceptors (Lipinski definition) is 4. The number of benzene rings is 1. The Labute approximate surface area is 80.6 Å². The second-order valence-corrected chi connectivity index (χ2v) is 2.90. The Morgan fingerprint density at radius 1 is 1.43 bits per heavy atom. The van der Waals surface area contributed by atoms with Gasteiger partial charge in [0.1, 0.15) is 5.82 Å². The zero-order valence-corrected chi connectivity index (χ0v) is 7.66. The van der Waals surface area contributed by atoms with Crippen molar-refractivity contribution in [2.24, 2.45) is 0 Å². The van der Waals surface area contributed by atoms with Gasteiger partial charge in [-0.05, 0) is 19.2 Å². The second kappa shape index (κ2) is 4.26. The second-order valence-electron chi connectivity index (χ2n) is 2.90. The molecule has 0 radical (unpaired) electrons. The lowest BCUT2D eigenvalue weighted by Crippen LogP contribution is -2.17. The van der Waals surface area contributed by atoms with Crippen molar-refractivity contribution in [2.45, 2.75) is 6.10 Å². The lowest BCUT2D eigenvalue weighted by Gasteiger charge is -2.13. The maximum atomic E-state index is 13.1. The van der Waals surface area contributed by atoms with E-state index < -0.39 is 23.4 Å². The Hall–Kier alpha value is -1.33. The van der Waals surface area contributed by atoms with Gasteiger partial charge in [-0.2, -0.15) is 0 Å². The third-order valence-corrected chi connectivity index (χ3v) is 1.87. The van der Waals surface area contributed by atoms with Gasteiger partial charge in [-0.3, -0.25) is 0 Å². The van der Waals surface area contributed by atoms with Gasteiger partial charge in [-0.15, -0.1) is 0 Å². The fraction of sp³-hybridized carbons (Fsp3) is 0.333. The van der Waals surface area contributed by atoms with Crippen LogP contribution in [0.25, 0.3) is 0 Å². The summed E-state index contributed by atoms with van der Waals surface area (Å²) in [4.78, 5) is 0. The summed E-state index contributed by atoms with van der Waals surface area (Å²) in [6.07, 6.45) is -1.19. The predicted octanol–water partition coefficient (Wildman–Crippen LogP) is 0.490. The highest BCUT2D eigenvalue weighted by molar-refractivity contribution is 5.46. The lowest BCUT2D eigenvalue weighted by molar-refractivity contribution is 0.168. The van der Waals surface area contributed by atoms with Crippen LogP contribution in [0.4, 0.5) is 4.39 Å². The van der Waals surface area contributed by atoms with E-state index in [-0.39, 0.29) is 12.1 Å². The molecular weight excluding hydrogens is 189 g/mol. The quantitative estimate of drug-likeness (QED) is 0.537. The van der Waals surface area contributed by atoms with Gasteiger partial charge < -0.3 is 20.6 Å². The summed E-state index contributed by atoms with van der Waals surface area (Å²) >= 11 is 0. The Morgan fingerprint density at radius 2 is 2.07 bits per heavy atom. The van der Waals surface area contributed by atoms with Crippen molar-refractivity contribution in [2.75, 3.05) is 13.6 Å². The minimum absolute atomic E-state index is 0.0912. The molecule has 0 saturated heterocycles. The van der Waals surface area contributed by atoms with E-state index in [1.54, 1.807) is 7.05 Å². The minimum Gasteiger partial charge on any atom is -0.504 e. The zero-order chi connectivity index (χ0) is 10.7. The molecule has 0 aliphatic rings. The van der Waals surface area contributed by atoms with Gasteiger partial charge in [0, 0.05) is 6.54 Å². The number of halogens is 1. The number of likely N-dealkylation sites (N-methyl/N-ethyl adjacent to an activating group) is 1. The molecule has 0 saturated carbocycles. The summed E-state index contributed by atoms with van der Waals surface area (Å²) in [7, 11) is 1.58. The zero-order valence-electron chi connectivity index (χ0n) is 7.66. The highest BCUT2D eigenvalue weighted by Gasteiger charge is 2.19. The van der Waals surface area contributed by atoms with E-state index in [1.165, 1.54) is 0 Å². The van der Waals surface area contributed by atoms with Gasteiger partial charge in [-0.1, -0.05) is 0 Å². The molecule has 1 atom stereocenters. The van der Waals surface area contributed by atoms with E-state index in [9.17, 15) is 14.6 Å². The van der Waals surface area contributed by atoms with Crippen LogP contribution in [-0.2, 0) is 0 Å². The monoisotopic (exact) mass is 201 g/mol. The molecule has 0 aliphatic heterocycles. The molecule has 5 heteroatoms. The highest BCUT2D eigenvalue weighted by Crippen LogP contribution is 2.34. The fourth-order valence-electron chi connectivity index (χ4n) is 1.18. The fourth-order valence-corrected chi connectivity index (χ4v) is 1.18. The Kier molecular flexibility index (Phi) is 3.27. The summed E-state index contributed by atoms with van der Waals surface area (Å²) in [6, 6.07) is 2.02. The molecule has 4 nitrogen and oxygen atoms in total. The van der Waals surface area contributed by atoms with Crippen LogP contribution in [-0.4, -0.2) is 28.9 Å². The molecule has 0 amide bonds. The summed E-state index contributed by atoms with van der Waals surface area (Å²) in [5.41, 5.74) is -0.292. The first-order chi connectivity index (χ1) is 6.57. The van der Waals surface area contributed by atoms with Crippen LogP contribution >= 0.6 is 0 Å². The first-order valence-electron chi connectivity index (χ1n) is 4.11. The number of aliphatic hydroxyl groups excluding tert-OH is 1. The molecule has 1 aromatic carbocycles. The number of phenols is 2. The molecular formula is C9H12FNO3. The Bertz CT molecular complexity index is 330. The molecule has 0 fully saturated rings. The number of rotatable bonds is 3. The molecule has 1 aromatic rings. The van der Waals surface area contributed by atoms with Gasteiger partial charge in [0.15, 0.2) is 11.5 Å². The van der Waals surface area contributed by atoms with Crippen LogP contribution in [0.1, 0.15) is 11.7 Å². The van der Waals surface area contributed by atoms with E-state index in [0.717, 1.165) is 12.1 Å². The number of aromatic hydroxyl groups is 2.